The lowest BCUT2D eigenvalue weighted by Crippen LogP contribution is -2.29. The van der Waals surface area contributed by atoms with Crippen LogP contribution in [0, 0.1) is 0 Å². The second-order valence-electron chi connectivity index (χ2n) is 5.58. The zero-order valence-corrected chi connectivity index (χ0v) is 13.1. The van der Waals surface area contributed by atoms with E-state index < -0.39 is 0 Å². The van der Waals surface area contributed by atoms with Gasteiger partial charge in [0.1, 0.15) is 0 Å². The summed E-state index contributed by atoms with van der Waals surface area (Å²) in [7, 11) is 2.03. The van der Waals surface area contributed by atoms with E-state index in [1.807, 2.05) is 18.4 Å². The van der Waals surface area contributed by atoms with Gasteiger partial charge in [0.15, 0.2) is 0 Å². The summed E-state index contributed by atoms with van der Waals surface area (Å²) in [6.45, 7) is 6.58. The molecule has 0 bridgehead atoms. The van der Waals surface area contributed by atoms with Crippen molar-refractivity contribution in [1.82, 2.24) is 10.2 Å². The average molecular weight is 286 g/mol. The van der Waals surface area contributed by atoms with Crippen molar-refractivity contribution in [2.75, 3.05) is 20.1 Å². The number of thiophene rings is 1. The van der Waals surface area contributed by atoms with E-state index in [0.717, 1.165) is 19.6 Å². The SMILES string of the molecule is CNCc1sc2ccccc2c1CN1CCC=C(C)C1. The van der Waals surface area contributed by atoms with Gasteiger partial charge in [-0.1, -0.05) is 29.8 Å². The maximum atomic E-state index is 3.31. The van der Waals surface area contributed by atoms with Gasteiger partial charge < -0.3 is 5.32 Å². The molecule has 1 aliphatic rings. The smallest absolute Gasteiger partial charge is 0.0349 e. The fraction of sp³-hybridized carbons (Fsp3) is 0.412. The van der Waals surface area contributed by atoms with Crippen molar-refractivity contribution in [2.45, 2.75) is 26.4 Å². The van der Waals surface area contributed by atoms with Crippen LogP contribution >= 0.6 is 11.3 Å². The van der Waals surface area contributed by atoms with Gasteiger partial charge in [0.05, 0.1) is 0 Å². The minimum Gasteiger partial charge on any atom is -0.315 e. The van der Waals surface area contributed by atoms with Crippen molar-refractivity contribution < 1.29 is 0 Å². The molecule has 0 atom stereocenters. The molecule has 2 heterocycles. The van der Waals surface area contributed by atoms with Crippen LogP contribution in [0.2, 0.25) is 0 Å². The van der Waals surface area contributed by atoms with Crippen molar-refractivity contribution in [3.8, 4) is 0 Å². The minimum atomic E-state index is 0.970. The normalized spacial score (nSPS) is 16.6. The van der Waals surface area contributed by atoms with Crippen LogP contribution in [0.4, 0.5) is 0 Å². The van der Waals surface area contributed by atoms with E-state index in [-0.39, 0.29) is 0 Å². The second kappa shape index (κ2) is 6.08. The van der Waals surface area contributed by atoms with Crippen molar-refractivity contribution in [3.63, 3.8) is 0 Å². The molecule has 0 saturated carbocycles. The summed E-state index contributed by atoms with van der Waals surface area (Å²) in [5.74, 6) is 0. The van der Waals surface area contributed by atoms with Gasteiger partial charge >= 0.3 is 0 Å². The Bertz CT molecular complexity index is 627. The third kappa shape index (κ3) is 2.80. The molecule has 0 fully saturated rings. The first kappa shape index (κ1) is 13.8. The molecule has 2 aromatic rings. The van der Waals surface area contributed by atoms with Gasteiger partial charge in [-0.2, -0.15) is 0 Å². The first-order chi connectivity index (χ1) is 9.78. The molecule has 1 aromatic carbocycles. The first-order valence-electron chi connectivity index (χ1n) is 7.30. The standard InChI is InChI=1S/C17H22N2S/c1-13-6-5-9-19(11-13)12-15-14-7-3-4-8-16(14)20-17(15)10-18-2/h3-4,6-8,18H,5,9-12H2,1-2H3. The first-order valence-corrected chi connectivity index (χ1v) is 8.11. The summed E-state index contributed by atoms with van der Waals surface area (Å²) in [6.07, 6.45) is 3.56. The molecule has 0 saturated heterocycles. The molecule has 3 rings (SSSR count). The average Bonchev–Trinajstić information content (AvgIpc) is 2.78. The number of hydrogen-bond acceptors (Lipinski definition) is 3. The molecule has 20 heavy (non-hydrogen) atoms. The van der Waals surface area contributed by atoms with Gasteiger partial charge in [0, 0.05) is 35.8 Å². The monoisotopic (exact) mass is 286 g/mol. The Hall–Kier alpha value is -1.16. The van der Waals surface area contributed by atoms with Crippen LogP contribution in [0.5, 0.6) is 0 Å². The highest BCUT2D eigenvalue weighted by Gasteiger charge is 2.16. The molecular weight excluding hydrogens is 264 g/mol. The Balaban J connectivity index is 1.92. The summed E-state index contributed by atoms with van der Waals surface area (Å²) in [4.78, 5) is 4.06. The molecule has 0 radical (unpaired) electrons. The van der Waals surface area contributed by atoms with Gasteiger partial charge in [-0.25, -0.2) is 0 Å². The number of nitrogens with one attached hydrogen (secondary N) is 1. The molecule has 1 N–H and O–H groups in total. The number of benzene rings is 1. The number of hydrogen-bond donors (Lipinski definition) is 1. The Morgan fingerprint density at radius 3 is 2.95 bits per heavy atom. The highest BCUT2D eigenvalue weighted by Crippen LogP contribution is 2.32. The predicted octanol–water partition coefficient (Wildman–Crippen LogP) is 3.77. The van der Waals surface area contributed by atoms with Crippen LogP contribution in [0.3, 0.4) is 0 Å². The lowest BCUT2D eigenvalue weighted by Gasteiger charge is -2.26. The van der Waals surface area contributed by atoms with Crippen LogP contribution in [0.25, 0.3) is 10.1 Å². The largest absolute Gasteiger partial charge is 0.315 e. The summed E-state index contributed by atoms with van der Waals surface area (Å²) >= 11 is 1.93. The molecule has 0 unspecified atom stereocenters. The van der Waals surface area contributed by atoms with Gasteiger partial charge in [-0.3, -0.25) is 4.90 Å². The highest BCUT2D eigenvalue weighted by molar-refractivity contribution is 7.19. The maximum absolute atomic E-state index is 3.31. The Kier molecular flexibility index (Phi) is 4.20. The maximum Gasteiger partial charge on any atom is 0.0349 e. The molecule has 106 valence electrons. The van der Waals surface area contributed by atoms with E-state index in [1.54, 1.807) is 0 Å². The van der Waals surface area contributed by atoms with Crippen LogP contribution < -0.4 is 5.32 Å². The molecule has 3 heteroatoms. The number of nitrogens with zero attached hydrogens (tertiary/aromatic N) is 1. The Morgan fingerprint density at radius 1 is 1.30 bits per heavy atom. The Morgan fingerprint density at radius 2 is 2.15 bits per heavy atom. The molecule has 0 spiro atoms. The van der Waals surface area contributed by atoms with E-state index in [0.29, 0.717) is 0 Å². The van der Waals surface area contributed by atoms with E-state index in [2.05, 4.69) is 47.5 Å². The third-order valence-electron chi connectivity index (χ3n) is 3.91. The van der Waals surface area contributed by atoms with Crippen LogP contribution in [-0.2, 0) is 13.1 Å². The lowest BCUT2D eigenvalue weighted by atomic mass is 10.1. The van der Waals surface area contributed by atoms with E-state index in [1.165, 1.54) is 39.1 Å². The quantitative estimate of drug-likeness (QED) is 0.861. The number of rotatable bonds is 4. The van der Waals surface area contributed by atoms with E-state index >= 15 is 0 Å². The predicted molar refractivity (Wildman–Crippen MR) is 88.2 cm³/mol. The van der Waals surface area contributed by atoms with Gasteiger partial charge in [-0.05, 0) is 37.4 Å². The third-order valence-corrected chi connectivity index (χ3v) is 5.13. The van der Waals surface area contributed by atoms with Crippen LogP contribution in [0.15, 0.2) is 35.9 Å². The zero-order chi connectivity index (χ0) is 13.9. The highest BCUT2D eigenvalue weighted by atomic mass is 32.1. The fourth-order valence-electron chi connectivity index (χ4n) is 2.97. The van der Waals surface area contributed by atoms with Crippen LogP contribution in [0.1, 0.15) is 23.8 Å². The van der Waals surface area contributed by atoms with Gasteiger partial charge in [0.2, 0.25) is 0 Å². The zero-order valence-electron chi connectivity index (χ0n) is 12.3. The summed E-state index contributed by atoms with van der Waals surface area (Å²) in [5.41, 5.74) is 3.03. The van der Waals surface area contributed by atoms with E-state index in [9.17, 15) is 0 Å². The minimum absolute atomic E-state index is 0.970. The van der Waals surface area contributed by atoms with Crippen molar-refractivity contribution in [1.29, 1.82) is 0 Å². The molecule has 2 nitrogen and oxygen atoms in total. The fourth-order valence-corrected chi connectivity index (χ4v) is 4.20. The van der Waals surface area contributed by atoms with E-state index in [4.69, 9.17) is 0 Å². The summed E-state index contributed by atoms with van der Waals surface area (Å²) < 4.78 is 1.41. The molecule has 0 aliphatic carbocycles. The molecule has 0 amide bonds. The van der Waals surface area contributed by atoms with Gasteiger partial charge in [0.25, 0.3) is 0 Å². The van der Waals surface area contributed by atoms with Crippen molar-refractivity contribution in [2.24, 2.45) is 0 Å². The van der Waals surface area contributed by atoms with Crippen molar-refractivity contribution >= 4 is 21.4 Å². The molecule has 1 aliphatic heterocycles. The lowest BCUT2D eigenvalue weighted by molar-refractivity contribution is 0.283. The Labute approximate surface area is 125 Å². The van der Waals surface area contributed by atoms with Crippen molar-refractivity contribution in [3.05, 3.63) is 46.4 Å². The second-order valence-corrected chi connectivity index (χ2v) is 6.72. The van der Waals surface area contributed by atoms with Crippen LogP contribution in [-0.4, -0.2) is 25.0 Å². The summed E-state index contributed by atoms with van der Waals surface area (Å²) in [5, 5.41) is 4.75. The molecule has 1 aromatic heterocycles. The topological polar surface area (TPSA) is 15.3 Å². The summed E-state index contributed by atoms with van der Waals surface area (Å²) in [6, 6.07) is 8.81. The number of fused-ring (bicyclic) bond motifs is 1. The molecular formula is C17H22N2S. The van der Waals surface area contributed by atoms with Gasteiger partial charge in [-0.15, -0.1) is 11.3 Å².